The number of benzene rings is 1. The summed E-state index contributed by atoms with van der Waals surface area (Å²) in [6.45, 7) is 3.61. The quantitative estimate of drug-likeness (QED) is 0.617. The lowest BCUT2D eigenvalue weighted by Gasteiger charge is -2.12. The molecule has 2 aromatic heterocycles. The molecule has 0 fully saturated rings. The molecule has 0 aliphatic heterocycles. The fourth-order valence-corrected chi connectivity index (χ4v) is 4.03. The molecule has 2 amide bonds. The third-order valence-electron chi connectivity index (χ3n) is 3.88. The Morgan fingerprint density at radius 1 is 1.30 bits per heavy atom. The molecule has 27 heavy (non-hydrogen) atoms. The molecule has 1 atom stereocenters. The molecule has 1 aromatic carbocycles. The van der Waals surface area contributed by atoms with Crippen molar-refractivity contribution in [3.05, 3.63) is 67.8 Å². The zero-order chi connectivity index (χ0) is 19.4. The van der Waals surface area contributed by atoms with Gasteiger partial charge in [0.15, 0.2) is 5.13 Å². The lowest BCUT2D eigenvalue weighted by Crippen LogP contribution is -2.41. The predicted molar refractivity (Wildman–Crippen MR) is 111 cm³/mol. The number of aryl methyl sites for hydroxylation is 1. The summed E-state index contributed by atoms with van der Waals surface area (Å²) in [6.07, 6.45) is 2.43. The van der Waals surface area contributed by atoms with Gasteiger partial charge in [0.05, 0.1) is 4.88 Å². The van der Waals surface area contributed by atoms with E-state index >= 15 is 0 Å². The third-order valence-corrected chi connectivity index (χ3v) is 6.07. The summed E-state index contributed by atoms with van der Waals surface area (Å²) >= 11 is 8.90. The number of amides is 2. The topological polar surface area (TPSA) is 71.1 Å². The van der Waals surface area contributed by atoms with Gasteiger partial charge in [-0.15, -0.1) is 22.7 Å². The van der Waals surface area contributed by atoms with E-state index in [1.807, 2.05) is 30.5 Å². The zero-order valence-corrected chi connectivity index (χ0v) is 17.2. The number of hydrogen-bond acceptors (Lipinski definition) is 5. The van der Waals surface area contributed by atoms with E-state index in [4.69, 9.17) is 11.6 Å². The lowest BCUT2D eigenvalue weighted by molar-refractivity contribution is -0.117. The maximum absolute atomic E-state index is 12.3. The van der Waals surface area contributed by atoms with Crippen LogP contribution in [-0.4, -0.2) is 22.8 Å². The molecule has 3 aromatic rings. The van der Waals surface area contributed by atoms with Crippen LogP contribution in [0.5, 0.6) is 0 Å². The van der Waals surface area contributed by atoms with Crippen LogP contribution in [0.15, 0.2) is 41.9 Å². The largest absolute Gasteiger partial charge is 0.340 e. The van der Waals surface area contributed by atoms with Gasteiger partial charge < -0.3 is 10.6 Å². The van der Waals surface area contributed by atoms with Gasteiger partial charge in [-0.25, -0.2) is 4.98 Å². The van der Waals surface area contributed by atoms with Crippen LogP contribution in [0.3, 0.4) is 0 Å². The van der Waals surface area contributed by atoms with Gasteiger partial charge in [0, 0.05) is 22.5 Å². The average molecular weight is 420 g/mol. The number of rotatable bonds is 6. The molecule has 0 saturated carbocycles. The van der Waals surface area contributed by atoms with E-state index in [0.717, 1.165) is 21.0 Å². The molecule has 0 spiro atoms. The highest BCUT2D eigenvalue weighted by atomic mass is 35.5. The molecule has 2 N–H and O–H groups in total. The Balaban J connectivity index is 1.57. The fraction of sp³-hybridized carbons (Fsp3) is 0.211. The number of nitrogens with one attached hydrogen (secondary N) is 2. The minimum atomic E-state index is -0.664. The van der Waals surface area contributed by atoms with Gasteiger partial charge in [0.1, 0.15) is 6.04 Å². The van der Waals surface area contributed by atoms with Crippen molar-refractivity contribution in [2.24, 2.45) is 0 Å². The number of aromatic nitrogens is 1. The Bertz CT molecular complexity index is 954. The standard InChI is InChI=1S/C19H18ClN3O2S2/c1-11-5-6-13(9-15(11)20)8-14-10-21-19(27-14)23-17(24)12(2)22-18(25)16-4-3-7-26-16/h3-7,9-10,12H,8H2,1-2H3,(H,22,25)(H,21,23,24). The van der Waals surface area contributed by atoms with E-state index < -0.39 is 6.04 Å². The van der Waals surface area contributed by atoms with Crippen LogP contribution in [0.1, 0.15) is 32.6 Å². The van der Waals surface area contributed by atoms with Crippen LogP contribution >= 0.6 is 34.3 Å². The van der Waals surface area contributed by atoms with E-state index in [1.165, 1.54) is 22.7 Å². The van der Waals surface area contributed by atoms with Crippen molar-refractivity contribution in [3.8, 4) is 0 Å². The van der Waals surface area contributed by atoms with Crippen molar-refractivity contribution in [2.45, 2.75) is 26.3 Å². The summed E-state index contributed by atoms with van der Waals surface area (Å²) in [5.41, 5.74) is 2.12. The highest BCUT2D eigenvalue weighted by Gasteiger charge is 2.18. The maximum Gasteiger partial charge on any atom is 0.261 e. The second-order valence-corrected chi connectivity index (χ2v) is 8.52. The minimum absolute atomic E-state index is 0.260. The molecule has 3 rings (SSSR count). The Labute approximate surface area is 170 Å². The molecule has 0 aliphatic rings. The highest BCUT2D eigenvalue weighted by molar-refractivity contribution is 7.15. The SMILES string of the molecule is Cc1ccc(Cc2cnc(NC(=O)C(C)NC(=O)c3cccs3)s2)cc1Cl. The number of carbonyl (C=O) groups is 2. The van der Waals surface area contributed by atoms with E-state index in [1.54, 1.807) is 25.3 Å². The Hall–Kier alpha value is -2.22. The van der Waals surface area contributed by atoms with Crippen LogP contribution in [0, 0.1) is 6.92 Å². The number of thiophene rings is 1. The fourth-order valence-electron chi connectivity index (χ4n) is 2.35. The first-order valence-electron chi connectivity index (χ1n) is 8.27. The van der Waals surface area contributed by atoms with Gasteiger partial charge in [-0.2, -0.15) is 0 Å². The van der Waals surface area contributed by atoms with Gasteiger partial charge in [-0.3, -0.25) is 9.59 Å². The minimum Gasteiger partial charge on any atom is -0.340 e. The van der Waals surface area contributed by atoms with Gasteiger partial charge in [0.25, 0.3) is 5.91 Å². The normalized spacial score (nSPS) is 11.8. The van der Waals surface area contributed by atoms with Crippen LogP contribution in [0.25, 0.3) is 0 Å². The number of halogens is 1. The smallest absolute Gasteiger partial charge is 0.261 e. The average Bonchev–Trinajstić information content (AvgIpc) is 3.30. The van der Waals surface area contributed by atoms with Crippen LogP contribution in [0.2, 0.25) is 5.02 Å². The van der Waals surface area contributed by atoms with E-state index in [9.17, 15) is 9.59 Å². The number of carbonyl (C=O) groups excluding carboxylic acids is 2. The van der Waals surface area contributed by atoms with Crippen molar-refractivity contribution in [1.82, 2.24) is 10.3 Å². The summed E-state index contributed by atoms with van der Waals surface area (Å²) in [7, 11) is 0. The molecule has 0 radical (unpaired) electrons. The molecular formula is C19H18ClN3O2S2. The second-order valence-electron chi connectivity index (χ2n) is 6.05. The Morgan fingerprint density at radius 2 is 2.11 bits per heavy atom. The molecule has 5 nitrogen and oxygen atoms in total. The van der Waals surface area contributed by atoms with E-state index in [0.29, 0.717) is 16.4 Å². The summed E-state index contributed by atoms with van der Waals surface area (Å²) in [4.78, 5) is 30.2. The summed E-state index contributed by atoms with van der Waals surface area (Å²) in [5, 5.41) is 8.49. The zero-order valence-electron chi connectivity index (χ0n) is 14.8. The second kappa shape index (κ2) is 8.65. The molecule has 0 aliphatic carbocycles. The van der Waals surface area contributed by atoms with Crippen molar-refractivity contribution in [2.75, 3.05) is 5.32 Å². The van der Waals surface area contributed by atoms with Gasteiger partial charge in [-0.05, 0) is 42.5 Å². The molecule has 2 heterocycles. The Morgan fingerprint density at radius 3 is 2.81 bits per heavy atom. The first-order chi connectivity index (χ1) is 12.9. The number of nitrogens with zero attached hydrogens (tertiary/aromatic N) is 1. The van der Waals surface area contributed by atoms with Crippen LogP contribution in [0.4, 0.5) is 5.13 Å². The van der Waals surface area contributed by atoms with E-state index in [2.05, 4.69) is 15.6 Å². The molecule has 8 heteroatoms. The molecule has 0 saturated heterocycles. The molecular weight excluding hydrogens is 402 g/mol. The highest BCUT2D eigenvalue weighted by Crippen LogP contribution is 2.24. The molecule has 1 unspecified atom stereocenters. The number of anilines is 1. The van der Waals surface area contributed by atoms with Crippen molar-refractivity contribution in [3.63, 3.8) is 0 Å². The summed E-state index contributed by atoms with van der Waals surface area (Å²) < 4.78 is 0. The predicted octanol–water partition coefficient (Wildman–Crippen LogP) is 4.51. The summed E-state index contributed by atoms with van der Waals surface area (Å²) in [5.74, 6) is -0.567. The van der Waals surface area contributed by atoms with Crippen molar-refractivity contribution >= 4 is 51.2 Å². The van der Waals surface area contributed by atoms with Crippen LogP contribution < -0.4 is 10.6 Å². The van der Waals surface area contributed by atoms with Gasteiger partial charge in [0.2, 0.25) is 5.91 Å². The molecule has 140 valence electrons. The van der Waals surface area contributed by atoms with E-state index in [-0.39, 0.29) is 11.8 Å². The monoisotopic (exact) mass is 419 g/mol. The third kappa shape index (κ3) is 5.15. The van der Waals surface area contributed by atoms with Crippen molar-refractivity contribution in [1.29, 1.82) is 0 Å². The first kappa shape index (κ1) is 19.5. The summed E-state index contributed by atoms with van der Waals surface area (Å²) in [6, 6.07) is 8.80. The van der Waals surface area contributed by atoms with Crippen LogP contribution in [-0.2, 0) is 11.2 Å². The van der Waals surface area contributed by atoms with Crippen molar-refractivity contribution < 1.29 is 9.59 Å². The lowest BCUT2D eigenvalue weighted by atomic mass is 10.1. The maximum atomic E-state index is 12.3. The number of thiazole rings is 1. The van der Waals surface area contributed by atoms with Gasteiger partial charge >= 0.3 is 0 Å². The Kier molecular flexibility index (Phi) is 6.26. The first-order valence-corrected chi connectivity index (χ1v) is 10.3. The number of hydrogen-bond donors (Lipinski definition) is 2. The van der Waals surface area contributed by atoms with Gasteiger partial charge in [-0.1, -0.05) is 29.8 Å². The molecule has 0 bridgehead atoms.